The number of benzene rings is 8. The van der Waals surface area contributed by atoms with E-state index in [-0.39, 0.29) is 0 Å². The molecule has 2 aromatic heterocycles. The molecule has 0 N–H and O–H groups in total. The second kappa shape index (κ2) is 11.6. The molecule has 55 heavy (non-hydrogen) atoms. The summed E-state index contributed by atoms with van der Waals surface area (Å²) in [7, 11) is 0. The van der Waals surface area contributed by atoms with E-state index in [4.69, 9.17) is 4.99 Å². The van der Waals surface area contributed by atoms with Crippen molar-refractivity contribution in [2.75, 3.05) is 0 Å². The largest absolute Gasteiger partial charge is 0.309 e. The Morgan fingerprint density at radius 3 is 1.62 bits per heavy atom. The zero-order chi connectivity index (χ0) is 36.0. The lowest BCUT2D eigenvalue weighted by molar-refractivity contribution is 1.18. The maximum atomic E-state index is 5.16. The smallest absolute Gasteiger partial charge is 0.0712 e. The standard InChI is InChI=1S/C52H33N3/c1-3-13-37(14-4-1)54-49-21-11-8-18-40(49)42-25-23-33(30-51(42)54)35-27-36-29-46-39-17-7-10-20-47(39)53-48(46)32-45(36)44(28-35)34-24-26-43-41-19-9-12-22-50(41)55(52(43)31-34)38-15-5-2-6-16-38/h1-31H,32H2. The molecule has 12 rings (SSSR count). The number of nitrogens with zero attached hydrogens (tertiary/aromatic N) is 3. The minimum absolute atomic E-state index is 0.784. The van der Waals surface area contributed by atoms with Gasteiger partial charge in [0.15, 0.2) is 0 Å². The number of para-hydroxylation sites is 5. The van der Waals surface area contributed by atoms with Crippen LogP contribution in [-0.2, 0) is 6.42 Å². The zero-order valence-electron chi connectivity index (χ0n) is 29.9. The van der Waals surface area contributed by atoms with Crippen LogP contribution in [0.5, 0.6) is 0 Å². The van der Waals surface area contributed by atoms with Crippen molar-refractivity contribution in [3.63, 3.8) is 0 Å². The fourth-order valence-electron chi connectivity index (χ4n) is 9.22. The topological polar surface area (TPSA) is 22.2 Å². The summed E-state index contributed by atoms with van der Waals surface area (Å²) in [5.74, 6) is 0. The van der Waals surface area contributed by atoms with Crippen LogP contribution in [0.4, 0.5) is 5.69 Å². The van der Waals surface area contributed by atoms with Crippen LogP contribution in [0.3, 0.4) is 0 Å². The van der Waals surface area contributed by atoms with Crippen molar-refractivity contribution in [2.24, 2.45) is 4.99 Å². The van der Waals surface area contributed by atoms with Crippen LogP contribution < -0.4 is 0 Å². The third-order valence-corrected chi connectivity index (χ3v) is 11.7. The molecule has 0 unspecified atom stereocenters. The lowest BCUT2D eigenvalue weighted by Crippen LogP contribution is -2.10. The van der Waals surface area contributed by atoms with Gasteiger partial charge in [0.2, 0.25) is 0 Å². The van der Waals surface area contributed by atoms with Gasteiger partial charge in [-0.25, -0.2) is 0 Å². The van der Waals surface area contributed by atoms with Crippen molar-refractivity contribution in [2.45, 2.75) is 6.42 Å². The Hall–Kier alpha value is -7.23. The lowest BCUT2D eigenvalue weighted by atomic mass is 9.82. The number of rotatable bonds is 4. The van der Waals surface area contributed by atoms with Gasteiger partial charge in [0, 0.05) is 50.5 Å². The Kier molecular flexibility index (Phi) is 6.40. The summed E-state index contributed by atoms with van der Waals surface area (Å²) < 4.78 is 4.82. The van der Waals surface area contributed by atoms with E-state index in [0.717, 1.165) is 29.2 Å². The van der Waals surface area contributed by atoms with E-state index in [1.54, 1.807) is 0 Å². The summed E-state index contributed by atoms with van der Waals surface area (Å²) in [6.07, 6.45) is 3.17. The van der Waals surface area contributed by atoms with E-state index in [0.29, 0.717) is 0 Å². The predicted octanol–water partition coefficient (Wildman–Crippen LogP) is 13.4. The van der Waals surface area contributed by atoms with Crippen LogP contribution in [0.15, 0.2) is 187 Å². The average molecular weight is 700 g/mol. The van der Waals surface area contributed by atoms with Crippen molar-refractivity contribution < 1.29 is 0 Å². The second-order valence-electron chi connectivity index (χ2n) is 14.7. The quantitative estimate of drug-likeness (QED) is 0.174. The van der Waals surface area contributed by atoms with E-state index in [9.17, 15) is 0 Å². The third-order valence-electron chi connectivity index (χ3n) is 11.7. The molecule has 10 aromatic rings. The average Bonchev–Trinajstić information content (AvgIpc) is 3.90. The monoisotopic (exact) mass is 699 g/mol. The molecule has 256 valence electrons. The van der Waals surface area contributed by atoms with Crippen LogP contribution in [-0.4, -0.2) is 14.8 Å². The maximum Gasteiger partial charge on any atom is 0.0712 e. The number of hydrogen-bond acceptors (Lipinski definition) is 1. The molecule has 3 heterocycles. The fraction of sp³-hybridized carbons (Fsp3) is 0.0192. The molecule has 3 nitrogen and oxygen atoms in total. The Labute approximate surface area is 318 Å². The zero-order valence-corrected chi connectivity index (χ0v) is 29.9. The highest BCUT2D eigenvalue weighted by molar-refractivity contribution is 6.35. The first kappa shape index (κ1) is 30.3. The van der Waals surface area contributed by atoms with E-state index in [2.05, 4.69) is 197 Å². The molecule has 0 saturated heterocycles. The van der Waals surface area contributed by atoms with Crippen LogP contribution in [0, 0.1) is 0 Å². The van der Waals surface area contributed by atoms with Gasteiger partial charge in [0.05, 0.1) is 33.5 Å². The number of hydrogen-bond donors (Lipinski definition) is 0. The van der Waals surface area contributed by atoms with Gasteiger partial charge in [-0.15, -0.1) is 0 Å². The normalized spacial score (nSPS) is 13.2. The van der Waals surface area contributed by atoms with E-state index in [1.165, 1.54) is 88.1 Å². The van der Waals surface area contributed by atoms with Gasteiger partial charge in [-0.1, -0.05) is 115 Å². The Morgan fingerprint density at radius 1 is 0.400 bits per heavy atom. The first-order valence-electron chi connectivity index (χ1n) is 19.0. The van der Waals surface area contributed by atoms with Gasteiger partial charge >= 0.3 is 0 Å². The summed E-state index contributed by atoms with van der Waals surface area (Å²) in [6, 6.07) is 66.4. The third kappa shape index (κ3) is 4.54. The van der Waals surface area contributed by atoms with E-state index in [1.807, 2.05) is 0 Å². The number of aliphatic imine (C=N–C) groups is 1. The molecular weight excluding hydrogens is 667 g/mol. The lowest BCUT2D eigenvalue weighted by Gasteiger charge is -2.22. The predicted molar refractivity (Wildman–Crippen MR) is 231 cm³/mol. The summed E-state index contributed by atoms with van der Waals surface area (Å²) >= 11 is 0. The number of fused-ring (bicyclic) bond motifs is 10. The van der Waals surface area contributed by atoms with Gasteiger partial charge in [-0.05, 0) is 106 Å². The summed E-state index contributed by atoms with van der Waals surface area (Å²) in [4.78, 5) is 5.16. The number of allylic oxidation sites excluding steroid dienone is 1. The molecule has 0 saturated carbocycles. The van der Waals surface area contributed by atoms with Crippen LogP contribution in [0.2, 0.25) is 0 Å². The highest BCUT2D eigenvalue weighted by atomic mass is 15.0. The minimum Gasteiger partial charge on any atom is -0.309 e. The molecule has 3 heteroatoms. The van der Waals surface area contributed by atoms with Crippen molar-refractivity contribution >= 4 is 66.7 Å². The van der Waals surface area contributed by atoms with Crippen molar-refractivity contribution in [1.29, 1.82) is 0 Å². The van der Waals surface area contributed by atoms with E-state index < -0.39 is 0 Å². The van der Waals surface area contributed by atoms with Crippen molar-refractivity contribution in [1.82, 2.24) is 9.13 Å². The SMILES string of the molecule is C1=C2C(=Nc3ccccc32)Cc2c1cc(-c1ccc3c4ccccc4n(-c4ccccc4)c3c1)cc2-c1ccc2c3ccccc3n(-c3ccccc3)c2c1. The Bertz CT molecular complexity index is 3270. The molecule has 0 bridgehead atoms. The Balaban J connectivity index is 1.12. The van der Waals surface area contributed by atoms with E-state index >= 15 is 0 Å². The fourth-order valence-corrected chi connectivity index (χ4v) is 9.22. The van der Waals surface area contributed by atoms with Gasteiger partial charge < -0.3 is 9.13 Å². The highest BCUT2D eigenvalue weighted by Gasteiger charge is 2.28. The van der Waals surface area contributed by atoms with Crippen molar-refractivity contribution in [3.05, 3.63) is 199 Å². The van der Waals surface area contributed by atoms with Gasteiger partial charge in [0.1, 0.15) is 0 Å². The first-order valence-corrected chi connectivity index (χ1v) is 19.0. The molecule has 2 aliphatic rings. The van der Waals surface area contributed by atoms with Gasteiger partial charge in [0.25, 0.3) is 0 Å². The highest BCUT2D eigenvalue weighted by Crippen LogP contribution is 2.45. The van der Waals surface area contributed by atoms with Gasteiger partial charge in [-0.3, -0.25) is 4.99 Å². The molecule has 8 aromatic carbocycles. The number of aromatic nitrogens is 2. The summed E-state index contributed by atoms with van der Waals surface area (Å²) in [6.45, 7) is 0. The summed E-state index contributed by atoms with van der Waals surface area (Å²) in [5.41, 5.74) is 19.3. The first-order chi connectivity index (χ1) is 27.3. The van der Waals surface area contributed by atoms with Crippen LogP contribution in [0.1, 0.15) is 16.7 Å². The van der Waals surface area contributed by atoms with Crippen LogP contribution >= 0.6 is 0 Å². The molecule has 1 aliphatic heterocycles. The minimum atomic E-state index is 0.784. The van der Waals surface area contributed by atoms with Crippen LogP contribution in [0.25, 0.3) is 88.9 Å². The summed E-state index contributed by atoms with van der Waals surface area (Å²) in [5, 5.41) is 5.03. The molecule has 0 amide bonds. The molecular formula is C52H33N3. The molecule has 0 radical (unpaired) electrons. The van der Waals surface area contributed by atoms with Gasteiger partial charge in [-0.2, -0.15) is 0 Å². The molecule has 0 fully saturated rings. The molecule has 0 atom stereocenters. The second-order valence-corrected chi connectivity index (χ2v) is 14.7. The molecule has 1 aliphatic carbocycles. The Morgan fingerprint density at radius 2 is 0.945 bits per heavy atom. The van der Waals surface area contributed by atoms with Crippen molar-refractivity contribution in [3.8, 4) is 33.6 Å². The maximum absolute atomic E-state index is 5.16. The molecule has 0 spiro atoms.